The number of imidazole rings is 1. The minimum Gasteiger partial charge on any atom is -0.497 e. The first-order valence-electron chi connectivity index (χ1n) is 7.47. The molecule has 2 atom stereocenters. The van der Waals surface area contributed by atoms with Gasteiger partial charge in [-0.2, -0.15) is 0 Å². The second-order valence-electron chi connectivity index (χ2n) is 5.48. The summed E-state index contributed by atoms with van der Waals surface area (Å²) in [4.78, 5) is 4.74. The van der Waals surface area contributed by atoms with Gasteiger partial charge in [-0.1, -0.05) is 0 Å². The van der Waals surface area contributed by atoms with Gasteiger partial charge in [-0.3, -0.25) is 0 Å². The van der Waals surface area contributed by atoms with Crippen LogP contribution in [0.3, 0.4) is 0 Å². The monoisotopic (exact) mass is 308 g/mol. The van der Waals surface area contributed by atoms with Crippen LogP contribution in [0.4, 0.5) is 0 Å². The maximum atomic E-state index is 5.95. The summed E-state index contributed by atoms with van der Waals surface area (Å²) in [6.07, 6.45) is 3.25. The molecule has 21 heavy (non-hydrogen) atoms. The zero-order valence-corrected chi connectivity index (χ0v) is 13.3. The van der Waals surface area contributed by atoms with Crippen molar-refractivity contribution in [2.24, 2.45) is 0 Å². The molecule has 0 bridgehead atoms. The van der Waals surface area contributed by atoms with Gasteiger partial charge in [0, 0.05) is 25.0 Å². The number of aromatic nitrogens is 2. The van der Waals surface area contributed by atoms with E-state index in [1.165, 1.54) is 0 Å². The molecule has 0 amide bonds. The number of aryl methyl sites for hydroxylation is 1. The summed E-state index contributed by atoms with van der Waals surface area (Å²) >= 11 is 5.95. The van der Waals surface area contributed by atoms with Crippen LogP contribution in [0.25, 0.3) is 11.0 Å². The average molecular weight is 309 g/mol. The number of rotatable bonds is 5. The Bertz CT molecular complexity index is 620. The molecule has 5 heteroatoms. The third-order valence-electron chi connectivity index (χ3n) is 4.20. The van der Waals surface area contributed by atoms with Gasteiger partial charge >= 0.3 is 0 Å². The number of hydrogen-bond acceptors (Lipinski definition) is 3. The van der Waals surface area contributed by atoms with E-state index in [0.717, 1.165) is 48.5 Å². The zero-order valence-electron chi connectivity index (χ0n) is 12.5. The van der Waals surface area contributed by atoms with Crippen molar-refractivity contribution in [3.05, 3.63) is 24.0 Å². The fraction of sp³-hybridized carbons (Fsp3) is 0.562. The lowest BCUT2D eigenvalue weighted by Crippen LogP contribution is -2.22. The van der Waals surface area contributed by atoms with Gasteiger partial charge in [0.05, 0.1) is 30.3 Å². The molecule has 2 unspecified atom stereocenters. The fourth-order valence-corrected chi connectivity index (χ4v) is 3.28. The lowest BCUT2D eigenvalue weighted by Gasteiger charge is -2.23. The summed E-state index contributed by atoms with van der Waals surface area (Å²) in [6.45, 7) is 3.06. The van der Waals surface area contributed by atoms with Crippen molar-refractivity contribution in [2.75, 3.05) is 19.6 Å². The summed E-state index contributed by atoms with van der Waals surface area (Å²) in [5.41, 5.74) is 2.08. The second-order valence-corrected chi connectivity index (χ2v) is 5.86. The van der Waals surface area contributed by atoms with Gasteiger partial charge < -0.3 is 14.0 Å². The first kappa shape index (κ1) is 14.7. The van der Waals surface area contributed by atoms with Gasteiger partial charge in [0.15, 0.2) is 0 Å². The van der Waals surface area contributed by atoms with Crippen LogP contribution >= 0.6 is 11.6 Å². The number of ether oxygens (including phenoxy) is 2. The highest BCUT2D eigenvalue weighted by Gasteiger charge is 2.27. The standard InChI is InChI=1S/C16H21ClN2O2/c1-11(15-4-3-9-21-15)19-14-10-12(20-2)5-6-13(14)18-16(19)7-8-17/h5-6,10-11,15H,3-4,7-9H2,1-2H3. The Kier molecular flexibility index (Phi) is 4.36. The summed E-state index contributed by atoms with van der Waals surface area (Å²) < 4.78 is 13.5. The van der Waals surface area contributed by atoms with Crippen LogP contribution < -0.4 is 4.74 Å². The van der Waals surface area contributed by atoms with Gasteiger partial charge in [0.1, 0.15) is 11.6 Å². The molecule has 2 heterocycles. The third-order valence-corrected chi connectivity index (χ3v) is 4.39. The lowest BCUT2D eigenvalue weighted by atomic mass is 10.1. The molecule has 1 aliphatic heterocycles. The molecule has 0 spiro atoms. The number of benzene rings is 1. The van der Waals surface area contributed by atoms with E-state index in [9.17, 15) is 0 Å². The highest BCUT2D eigenvalue weighted by Crippen LogP contribution is 2.31. The summed E-state index contributed by atoms with van der Waals surface area (Å²) in [5.74, 6) is 2.44. The van der Waals surface area contributed by atoms with E-state index in [1.807, 2.05) is 18.2 Å². The predicted octanol–water partition coefficient (Wildman–Crippen LogP) is 3.57. The molecule has 1 aromatic carbocycles. The van der Waals surface area contributed by atoms with E-state index in [-0.39, 0.29) is 12.1 Å². The molecular formula is C16H21ClN2O2. The molecule has 2 aromatic rings. The number of hydrogen-bond donors (Lipinski definition) is 0. The summed E-state index contributed by atoms with van der Waals surface area (Å²) in [7, 11) is 1.69. The Balaban J connectivity index is 2.08. The first-order valence-corrected chi connectivity index (χ1v) is 8.00. The first-order chi connectivity index (χ1) is 10.2. The minimum absolute atomic E-state index is 0.252. The van der Waals surface area contributed by atoms with Crippen molar-refractivity contribution < 1.29 is 9.47 Å². The quantitative estimate of drug-likeness (QED) is 0.792. The fourth-order valence-electron chi connectivity index (χ4n) is 3.11. The molecule has 0 saturated carbocycles. The molecule has 0 radical (unpaired) electrons. The molecule has 3 rings (SSSR count). The van der Waals surface area contributed by atoms with Crippen molar-refractivity contribution in [3.63, 3.8) is 0 Å². The molecule has 1 saturated heterocycles. The lowest BCUT2D eigenvalue weighted by molar-refractivity contribution is 0.0736. The molecule has 0 N–H and O–H groups in total. The number of nitrogens with zero attached hydrogens (tertiary/aromatic N) is 2. The van der Waals surface area contributed by atoms with Crippen LogP contribution in [-0.4, -0.2) is 35.3 Å². The Labute approximate surface area is 130 Å². The average Bonchev–Trinajstić information content (AvgIpc) is 3.13. The number of halogens is 1. The van der Waals surface area contributed by atoms with Crippen LogP contribution in [0.5, 0.6) is 5.75 Å². The van der Waals surface area contributed by atoms with E-state index >= 15 is 0 Å². The van der Waals surface area contributed by atoms with Crippen LogP contribution in [0.1, 0.15) is 31.6 Å². The van der Waals surface area contributed by atoms with Crippen molar-refractivity contribution in [1.29, 1.82) is 0 Å². The molecular weight excluding hydrogens is 288 g/mol. The van der Waals surface area contributed by atoms with Gasteiger partial charge in [-0.05, 0) is 31.9 Å². The Hall–Kier alpha value is -1.26. The summed E-state index contributed by atoms with van der Waals surface area (Å²) in [6, 6.07) is 6.25. The van der Waals surface area contributed by atoms with Crippen molar-refractivity contribution in [1.82, 2.24) is 9.55 Å². The van der Waals surface area contributed by atoms with Gasteiger partial charge in [-0.15, -0.1) is 11.6 Å². The van der Waals surface area contributed by atoms with Crippen LogP contribution in [0, 0.1) is 0 Å². The van der Waals surface area contributed by atoms with Crippen LogP contribution in [0.2, 0.25) is 0 Å². The normalized spacial score (nSPS) is 20.0. The second kappa shape index (κ2) is 6.24. The highest BCUT2D eigenvalue weighted by atomic mass is 35.5. The number of methoxy groups -OCH3 is 1. The van der Waals surface area contributed by atoms with Crippen LogP contribution in [0.15, 0.2) is 18.2 Å². The Morgan fingerprint density at radius 2 is 2.38 bits per heavy atom. The predicted molar refractivity (Wildman–Crippen MR) is 84.4 cm³/mol. The maximum absolute atomic E-state index is 5.95. The topological polar surface area (TPSA) is 36.3 Å². The van der Waals surface area contributed by atoms with Crippen LogP contribution in [-0.2, 0) is 11.2 Å². The molecule has 1 fully saturated rings. The molecule has 1 aliphatic rings. The van der Waals surface area contributed by atoms with Gasteiger partial charge in [-0.25, -0.2) is 4.98 Å². The SMILES string of the molecule is COc1ccc2nc(CCCl)n(C(C)C3CCCO3)c2c1. The summed E-state index contributed by atoms with van der Waals surface area (Å²) in [5, 5.41) is 0. The molecule has 114 valence electrons. The van der Waals surface area contributed by atoms with E-state index in [2.05, 4.69) is 11.5 Å². The van der Waals surface area contributed by atoms with E-state index in [0.29, 0.717) is 5.88 Å². The van der Waals surface area contributed by atoms with E-state index in [1.54, 1.807) is 7.11 Å². The molecule has 1 aromatic heterocycles. The van der Waals surface area contributed by atoms with E-state index in [4.69, 9.17) is 26.1 Å². The van der Waals surface area contributed by atoms with Gasteiger partial charge in [0.2, 0.25) is 0 Å². The number of alkyl halides is 1. The van der Waals surface area contributed by atoms with Crippen molar-refractivity contribution >= 4 is 22.6 Å². The molecule has 0 aliphatic carbocycles. The van der Waals surface area contributed by atoms with Crippen molar-refractivity contribution in [2.45, 2.75) is 38.3 Å². The van der Waals surface area contributed by atoms with E-state index < -0.39 is 0 Å². The maximum Gasteiger partial charge on any atom is 0.121 e. The smallest absolute Gasteiger partial charge is 0.121 e. The Morgan fingerprint density at radius 3 is 3.05 bits per heavy atom. The van der Waals surface area contributed by atoms with Gasteiger partial charge in [0.25, 0.3) is 0 Å². The third kappa shape index (κ3) is 2.74. The Morgan fingerprint density at radius 1 is 1.52 bits per heavy atom. The zero-order chi connectivity index (χ0) is 14.8. The highest BCUT2D eigenvalue weighted by molar-refractivity contribution is 6.17. The largest absolute Gasteiger partial charge is 0.497 e. The van der Waals surface area contributed by atoms with Crippen molar-refractivity contribution in [3.8, 4) is 5.75 Å². The number of fused-ring (bicyclic) bond motifs is 1. The minimum atomic E-state index is 0.252. The molecule has 4 nitrogen and oxygen atoms in total.